The number of unbranched alkanes of at least 4 members (excludes halogenated alkanes) is 16. The molecule has 0 unspecified atom stereocenters. The van der Waals surface area contributed by atoms with Crippen molar-refractivity contribution in [1.29, 1.82) is 0 Å². The highest BCUT2D eigenvalue weighted by Gasteiger charge is 1.94. The Labute approximate surface area is 123 Å². The van der Waals surface area contributed by atoms with E-state index in [1.54, 1.807) is 0 Å². The van der Waals surface area contributed by atoms with Crippen molar-refractivity contribution in [2.24, 2.45) is 0 Å². The van der Waals surface area contributed by atoms with Gasteiger partial charge in [-0.25, -0.2) is 0 Å². The molecule has 19 heavy (non-hydrogen) atoms. The zero-order chi connectivity index (χ0) is 14.0. The monoisotopic (exact) mass is 268 g/mol. The molecule has 0 N–H and O–H groups in total. The number of hydrogen-bond acceptors (Lipinski definition) is 0. The molecule has 0 atom stereocenters. The third-order valence-corrected chi connectivity index (χ3v) is 4.21. The molecule has 0 heterocycles. The van der Waals surface area contributed by atoms with Crippen LogP contribution in [0.1, 0.15) is 123 Å². The second kappa shape index (κ2) is 18.0. The molecular weight excluding hydrogens is 228 g/mol. The van der Waals surface area contributed by atoms with E-state index in [-0.39, 0.29) is 0 Å². The van der Waals surface area contributed by atoms with E-state index in [1.807, 2.05) is 0 Å². The zero-order valence-corrected chi connectivity index (χ0v) is 14.0. The van der Waals surface area contributed by atoms with Gasteiger partial charge in [0.15, 0.2) is 0 Å². The summed E-state index contributed by atoms with van der Waals surface area (Å²) in [6, 6.07) is 0. The maximum Gasteiger partial charge on any atom is -0.0533 e. The quantitative estimate of drug-likeness (QED) is 0.252. The van der Waals surface area contributed by atoms with Gasteiger partial charge in [0.05, 0.1) is 0 Å². The fourth-order valence-electron chi connectivity index (χ4n) is 2.80. The Hall–Kier alpha value is 0. The summed E-state index contributed by atoms with van der Waals surface area (Å²) in [7, 11) is 0. The Morgan fingerprint density at radius 3 is 0.579 bits per heavy atom. The lowest BCUT2D eigenvalue weighted by Gasteiger charge is -2.03. The molecule has 116 valence electrons. The topological polar surface area (TPSA) is 0 Å². The van der Waals surface area contributed by atoms with Gasteiger partial charge in [-0.1, -0.05) is 123 Å². The Bertz CT molecular complexity index is 123. The molecular formula is C19H40. The summed E-state index contributed by atoms with van der Waals surface area (Å²) < 4.78 is 0. The van der Waals surface area contributed by atoms with Crippen LogP contribution in [0.3, 0.4) is 0 Å². The third kappa shape index (κ3) is 18.0. The first-order chi connectivity index (χ1) is 9.41. The van der Waals surface area contributed by atoms with Gasteiger partial charge in [-0.15, -0.1) is 0 Å². The molecule has 0 heteroatoms. The Morgan fingerprint density at radius 2 is 0.421 bits per heavy atom. The van der Waals surface area contributed by atoms with Crippen LogP contribution in [0, 0.1) is 0 Å². The van der Waals surface area contributed by atoms with E-state index in [4.69, 9.17) is 0 Å². The van der Waals surface area contributed by atoms with Crippen LogP contribution < -0.4 is 0 Å². The van der Waals surface area contributed by atoms with E-state index in [0.717, 1.165) is 0 Å². The molecule has 0 saturated carbocycles. The van der Waals surface area contributed by atoms with Gasteiger partial charge in [-0.3, -0.25) is 0 Å². The summed E-state index contributed by atoms with van der Waals surface area (Å²) >= 11 is 0. The summed E-state index contributed by atoms with van der Waals surface area (Å²) in [5.41, 5.74) is 0. The first-order valence-electron chi connectivity index (χ1n) is 9.41. The van der Waals surface area contributed by atoms with E-state index in [0.29, 0.717) is 0 Å². The van der Waals surface area contributed by atoms with Gasteiger partial charge in [0.25, 0.3) is 0 Å². The molecule has 0 nitrogen and oxygen atoms in total. The lowest BCUT2D eigenvalue weighted by Crippen LogP contribution is -1.83. The molecule has 0 spiro atoms. The van der Waals surface area contributed by atoms with Crippen LogP contribution in [-0.4, -0.2) is 0 Å². The van der Waals surface area contributed by atoms with E-state index < -0.39 is 0 Å². The zero-order valence-electron chi connectivity index (χ0n) is 14.0. The summed E-state index contributed by atoms with van der Waals surface area (Å²) in [4.78, 5) is 0. The van der Waals surface area contributed by atoms with Crippen molar-refractivity contribution >= 4 is 0 Å². The van der Waals surface area contributed by atoms with Crippen molar-refractivity contribution in [2.75, 3.05) is 0 Å². The lowest BCUT2D eigenvalue weighted by molar-refractivity contribution is 0.529. The smallest absolute Gasteiger partial charge is 0.0533 e. The van der Waals surface area contributed by atoms with Crippen molar-refractivity contribution < 1.29 is 0 Å². The van der Waals surface area contributed by atoms with Crippen LogP contribution in [0.2, 0.25) is 0 Å². The van der Waals surface area contributed by atoms with Gasteiger partial charge in [-0.2, -0.15) is 0 Å². The minimum atomic E-state index is 1.37. The van der Waals surface area contributed by atoms with Crippen molar-refractivity contribution in [1.82, 2.24) is 0 Å². The van der Waals surface area contributed by atoms with Crippen LogP contribution in [0.5, 0.6) is 0 Å². The van der Waals surface area contributed by atoms with Gasteiger partial charge in [0, 0.05) is 0 Å². The Kier molecular flexibility index (Phi) is 18.0. The van der Waals surface area contributed by atoms with E-state index in [2.05, 4.69) is 13.8 Å². The molecule has 0 radical (unpaired) electrons. The standard InChI is InChI=1S/C19H40/c1-3-5-7-9-11-13-15-17-19-18-16-14-12-10-8-6-4-2/h3-19H2,1-2H3. The van der Waals surface area contributed by atoms with Gasteiger partial charge < -0.3 is 0 Å². The van der Waals surface area contributed by atoms with E-state index in [1.165, 1.54) is 109 Å². The van der Waals surface area contributed by atoms with E-state index >= 15 is 0 Å². The molecule has 0 rings (SSSR count). The Balaban J connectivity index is 2.88. The Morgan fingerprint density at radius 1 is 0.263 bits per heavy atom. The second-order valence-corrected chi connectivity index (χ2v) is 6.30. The molecule has 0 aliphatic carbocycles. The SMILES string of the molecule is CCCCCCCCCCCCCCCCCCC. The number of rotatable bonds is 16. The van der Waals surface area contributed by atoms with Crippen molar-refractivity contribution in [3.63, 3.8) is 0 Å². The van der Waals surface area contributed by atoms with Gasteiger partial charge in [-0.05, 0) is 0 Å². The van der Waals surface area contributed by atoms with Crippen LogP contribution in [0.15, 0.2) is 0 Å². The average molecular weight is 269 g/mol. The molecule has 0 aromatic heterocycles. The van der Waals surface area contributed by atoms with Gasteiger partial charge in [0.1, 0.15) is 0 Å². The van der Waals surface area contributed by atoms with Crippen LogP contribution in [-0.2, 0) is 0 Å². The van der Waals surface area contributed by atoms with Crippen LogP contribution >= 0.6 is 0 Å². The molecule has 0 amide bonds. The summed E-state index contributed by atoms with van der Waals surface area (Å²) in [6.07, 6.45) is 24.9. The van der Waals surface area contributed by atoms with Crippen molar-refractivity contribution in [3.05, 3.63) is 0 Å². The normalized spacial score (nSPS) is 11.1. The highest BCUT2D eigenvalue weighted by atomic mass is 14.0. The second-order valence-electron chi connectivity index (χ2n) is 6.30. The van der Waals surface area contributed by atoms with Crippen molar-refractivity contribution in [3.8, 4) is 0 Å². The lowest BCUT2D eigenvalue weighted by atomic mass is 10.0. The minimum absolute atomic E-state index is 1.37. The maximum atomic E-state index is 2.30. The van der Waals surface area contributed by atoms with Gasteiger partial charge >= 0.3 is 0 Å². The molecule has 0 aliphatic heterocycles. The summed E-state index contributed by atoms with van der Waals surface area (Å²) in [6.45, 7) is 4.59. The minimum Gasteiger partial charge on any atom is -0.0654 e. The molecule has 0 fully saturated rings. The summed E-state index contributed by atoms with van der Waals surface area (Å²) in [5.74, 6) is 0. The largest absolute Gasteiger partial charge is 0.0654 e. The number of hydrogen-bond donors (Lipinski definition) is 0. The molecule has 0 aromatic carbocycles. The fraction of sp³-hybridized carbons (Fsp3) is 1.00. The van der Waals surface area contributed by atoms with Gasteiger partial charge in [0.2, 0.25) is 0 Å². The van der Waals surface area contributed by atoms with Crippen molar-refractivity contribution in [2.45, 2.75) is 123 Å². The van der Waals surface area contributed by atoms with E-state index in [9.17, 15) is 0 Å². The predicted molar refractivity (Wildman–Crippen MR) is 89.8 cm³/mol. The highest BCUT2D eigenvalue weighted by Crippen LogP contribution is 2.13. The van der Waals surface area contributed by atoms with Crippen LogP contribution in [0.25, 0.3) is 0 Å². The maximum absolute atomic E-state index is 2.30. The third-order valence-electron chi connectivity index (χ3n) is 4.21. The summed E-state index contributed by atoms with van der Waals surface area (Å²) in [5, 5.41) is 0. The first-order valence-corrected chi connectivity index (χ1v) is 9.41. The fourth-order valence-corrected chi connectivity index (χ4v) is 2.80. The molecule has 0 bridgehead atoms. The molecule has 0 aromatic rings. The molecule has 0 aliphatic rings. The highest BCUT2D eigenvalue weighted by molar-refractivity contribution is 4.49. The first kappa shape index (κ1) is 19.0. The molecule has 0 saturated heterocycles. The van der Waals surface area contributed by atoms with Crippen LogP contribution in [0.4, 0.5) is 0 Å². The predicted octanol–water partition coefficient (Wildman–Crippen LogP) is 7.66. The average Bonchev–Trinajstić information content (AvgIpc) is 2.43.